The molecular formula is C79H133N5O60. The smallest absolute Gasteiger partial charge is 0.364 e. The molecule has 0 radical (unpaired) electrons. The van der Waals surface area contributed by atoms with E-state index < -0.39 is 465 Å². The number of carboxylic acid groups (broad SMARTS) is 1. The molecule has 10 saturated heterocycles. The first-order valence-electron chi connectivity index (χ1n) is 45.4. The van der Waals surface area contributed by atoms with Crippen LogP contribution in [0.3, 0.4) is 0 Å². The van der Waals surface area contributed by atoms with Gasteiger partial charge in [0.15, 0.2) is 56.6 Å². The highest BCUT2D eigenvalue weighted by atomic mass is 16.8. The number of hydrogen-bond acceptors (Lipinski definition) is 59. The summed E-state index contributed by atoms with van der Waals surface area (Å²) in [6, 6.07) is -9.99. The van der Waals surface area contributed by atoms with Gasteiger partial charge in [0, 0.05) is 34.1 Å². The summed E-state index contributed by atoms with van der Waals surface area (Å²) in [6.45, 7) is -12.5. The van der Waals surface area contributed by atoms with Gasteiger partial charge in [-0.05, 0) is 0 Å². The molecule has 10 aliphatic rings. The van der Waals surface area contributed by atoms with Gasteiger partial charge >= 0.3 is 5.97 Å². The lowest BCUT2D eigenvalue weighted by Crippen LogP contribution is -2.71. The number of carbonyl (C=O) groups excluding carboxylic acids is 5. The summed E-state index contributed by atoms with van der Waals surface area (Å²) in [6.07, 6.45) is -113. The molecule has 0 aromatic rings. The fraction of sp³-hybridized carbons (Fsp3) is 0.924. The van der Waals surface area contributed by atoms with Crippen LogP contribution in [0.25, 0.3) is 0 Å². The molecule has 39 N–H and O–H groups in total. The normalized spacial score (nSPS) is 45.2. The highest BCUT2D eigenvalue weighted by molar-refractivity contribution is 5.78. The Balaban J connectivity index is 0.972. The van der Waals surface area contributed by atoms with Gasteiger partial charge in [0.25, 0.3) is 5.79 Å². The van der Waals surface area contributed by atoms with E-state index in [0.29, 0.717) is 0 Å². The Bertz CT molecular complexity index is 3990. The van der Waals surface area contributed by atoms with Crippen molar-refractivity contribution in [1.82, 2.24) is 26.6 Å². The molecular weight excluding hydrogens is 1980 g/mol. The van der Waals surface area contributed by atoms with Gasteiger partial charge in [0.1, 0.15) is 263 Å². The van der Waals surface area contributed by atoms with Crippen molar-refractivity contribution < 1.29 is 297 Å². The van der Waals surface area contributed by atoms with E-state index in [9.17, 15) is 202 Å². The fourth-order valence-corrected chi connectivity index (χ4v) is 18.1. The Hall–Kier alpha value is -5.30. The predicted octanol–water partition coefficient (Wildman–Crippen LogP) is -26.4. The van der Waals surface area contributed by atoms with Crippen LogP contribution in [0.1, 0.15) is 34.1 Å². The molecule has 10 heterocycles. The standard InChI is InChI=1S/C79H133N5O60/c1-19(97)80-23(6-85)41(105)59(26(103)8-87)135-69-38(81-20(2)98)49(113)61(32(14-93)131-69)137-74-57(121)65(140-77-68(54(118)45(109)29(11-90)130-77)142-71-40(83-22(4)100)51(115)60(33(15-94)133-71)136-73-56(120)64(46(110)30(12-91)127-73)139-72-55(119)52(116)43(107)27(9-88)126-72)48(112)35(134-74)18-125-76-67(53(117)44(108)28(10-89)129-76)141-70-39(82-21(3)99)50(114)62(34(16-95)132-70)138-75-58(122)66(47(111)31(13-92)128-75)144-79(78(123)124)5-24(101)37(84-36(104)17-96)63(143-79)42(106)25(102)7-86/h23-35,37-77,85-96,101-103,105-122H,5-18H2,1-4H3,(H,80,97)(H,81,98)(H,82,99)(H,83,100)(H,84,104)(H,123,124)/t23-,24-,25+,26+,27+,28+,29+,30+,31+,32+,33+,34+,35+,37+,38+,39+,40+,41+,42+,43-,44+,45+,46-,47-,48+,49+,50+,51+,52-,53-,54-,55+,56+,57-,58+,59+,60+,61+,62+,63+,64-,65-,66-,67-,68-,69-,70-,71-,72+,73-,74-,75-,76-,77+,79-/m0/s1. The van der Waals surface area contributed by atoms with Crippen LogP contribution in [0.2, 0.25) is 0 Å². The summed E-state index contributed by atoms with van der Waals surface area (Å²) in [5, 5.41) is 391. The Kier molecular flexibility index (Phi) is 44.6. The van der Waals surface area contributed by atoms with E-state index in [1.54, 1.807) is 0 Å². The lowest BCUT2D eigenvalue weighted by atomic mass is 9.88. The maximum absolute atomic E-state index is 13.3. The number of hydrogen-bond donors (Lipinski definition) is 39. The average Bonchev–Trinajstić information content (AvgIpc) is 0.746. The van der Waals surface area contributed by atoms with Gasteiger partial charge in [-0.2, -0.15) is 0 Å². The Labute approximate surface area is 813 Å². The topological polar surface area (TPSA) is 1030 Å². The van der Waals surface area contributed by atoms with E-state index >= 15 is 0 Å². The number of nitrogens with one attached hydrogen (secondary N) is 5. The number of ether oxygens (including phenoxy) is 20. The van der Waals surface area contributed by atoms with Crippen LogP contribution in [0.15, 0.2) is 0 Å². The fourth-order valence-electron chi connectivity index (χ4n) is 18.1. The molecule has 65 nitrogen and oxygen atoms in total. The number of aliphatic hydroxyl groups is 33. The Morgan fingerprint density at radius 1 is 0.326 bits per heavy atom. The van der Waals surface area contributed by atoms with Gasteiger partial charge in [-0.3, -0.25) is 24.0 Å². The number of aliphatic hydroxyl groups excluding tert-OH is 33. The third-order valence-electron chi connectivity index (χ3n) is 25.7. The van der Waals surface area contributed by atoms with Crippen LogP contribution in [0.5, 0.6) is 0 Å². The van der Waals surface area contributed by atoms with E-state index in [1.807, 2.05) is 5.32 Å². The van der Waals surface area contributed by atoms with Crippen LogP contribution in [-0.4, -0.2) is 632 Å². The minimum Gasteiger partial charge on any atom is -0.477 e. The van der Waals surface area contributed by atoms with Crippen LogP contribution in [0.4, 0.5) is 0 Å². The molecule has 65 heteroatoms. The summed E-state index contributed by atoms with van der Waals surface area (Å²) in [5.41, 5.74) is 0. The van der Waals surface area contributed by atoms with Crippen molar-refractivity contribution in [2.45, 2.75) is 371 Å². The first-order valence-corrected chi connectivity index (χ1v) is 45.4. The van der Waals surface area contributed by atoms with Crippen molar-refractivity contribution in [1.29, 1.82) is 0 Å². The van der Waals surface area contributed by atoms with Crippen molar-refractivity contribution >= 4 is 35.5 Å². The molecule has 0 aromatic heterocycles. The van der Waals surface area contributed by atoms with Gasteiger partial charge in [0.2, 0.25) is 29.5 Å². The van der Waals surface area contributed by atoms with Crippen LogP contribution >= 0.6 is 0 Å². The maximum atomic E-state index is 13.3. The quantitative estimate of drug-likeness (QED) is 0.0269. The van der Waals surface area contributed by atoms with Crippen LogP contribution < -0.4 is 26.6 Å². The van der Waals surface area contributed by atoms with Gasteiger partial charge in [-0.25, -0.2) is 4.79 Å². The van der Waals surface area contributed by atoms with Crippen molar-refractivity contribution in [2.75, 3.05) is 85.9 Å². The average molecular weight is 2110 g/mol. The molecule has 0 aliphatic carbocycles. The largest absolute Gasteiger partial charge is 0.477 e. The summed E-state index contributed by atoms with van der Waals surface area (Å²) in [4.78, 5) is 77.6. The Morgan fingerprint density at radius 3 is 1.07 bits per heavy atom. The second kappa shape index (κ2) is 53.3. The first kappa shape index (κ1) is 121. The Morgan fingerprint density at radius 2 is 0.667 bits per heavy atom. The van der Waals surface area contributed by atoms with Gasteiger partial charge in [-0.15, -0.1) is 0 Å². The zero-order valence-electron chi connectivity index (χ0n) is 76.9. The lowest BCUT2D eigenvalue weighted by Gasteiger charge is -2.51. The minimum atomic E-state index is -3.40. The third-order valence-corrected chi connectivity index (χ3v) is 25.7. The molecule has 5 amide bonds. The molecule has 144 heavy (non-hydrogen) atoms. The molecule has 0 spiro atoms. The number of rotatable bonds is 44. The van der Waals surface area contributed by atoms with Gasteiger partial charge in [-0.1, -0.05) is 0 Å². The zero-order chi connectivity index (χ0) is 107. The van der Waals surface area contributed by atoms with Crippen LogP contribution in [-0.2, 0) is 124 Å². The third kappa shape index (κ3) is 27.1. The number of carboxylic acids is 1. The number of carbonyl (C=O) groups is 6. The van der Waals surface area contributed by atoms with Crippen LogP contribution in [0, 0.1) is 0 Å². The molecule has 0 saturated carbocycles. The lowest BCUT2D eigenvalue weighted by molar-refractivity contribution is -0.400. The second-order valence-electron chi connectivity index (χ2n) is 35.7. The summed E-state index contributed by atoms with van der Waals surface area (Å²) in [5.74, 6) is -10.9. The summed E-state index contributed by atoms with van der Waals surface area (Å²) in [7, 11) is 0. The molecule has 10 aliphatic heterocycles. The van der Waals surface area contributed by atoms with E-state index in [1.165, 1.54) is 0 Å². The monoisotopic (exact) mass is 2110 g/mol. The number of amides is 5. The molecule has 0 aromatic carbocycles. The molecule has 834 valence electrons. The first-order chi connectivity index (χ1) is 68.0. The van der Waals surface area contributed by atoms with Crippen molar-refractivity contribution in [3.8, 4) is 0 Å². The molecule has 55 atom stereocenters. The molecule has 10 rings (SSSR count). The molecule has 10 fully saturated rings. The van der Waals surface area contributed by atoms with E-state index in [0.717, 1.165) is 27.7 Å². The van der Waals surface area contributed by atoms with Crippen molar-refractivity contribution in [2.24, 2.45) is 0 Å². The van der Waals surface area contributed by atoms with Crippen molar-refractivity contribution in [3.05, 3.63) is 0 Å². The highest BCUT2D eigenvalue weighted by Gasteiger charge is 2.65. The SMILES string of the molecule is CC(=O)N[C@H]1[C@H](O[C@@H]([C@H](O)[C@H](CO)NC(C)=O)[C@H](O)CO)O[C@H](CO)[C@@H](O[C@@H]2O[C@H](CO[C@H]3O[C@H](CO)[C@@H](O)[C@H](O)[C@@H]3O[C@@H]3O[C@H](CO)[C@@H](O[C@@H]4O[C@H](CO)[C@H](O)[C@H](O[C@]5(C(=O)O)C[C@H](O)[C@@H](NC(=O)CO)[C@H]([C@H](O)[C@H](O)CO)O5)[C@H]4O)[C@H](O)[C@H]3NC(C)=O)[C@@H](O)[C@H](O[C@H]3O[C@H](CO)[C@@H](O)[C@H](O)[C@@H]3O[C@@H]3O[C@H](CO)[C@@H](O[C@@H]4O[C@H](CO)[C@H](O)[C@H](O[C@H]5O[C@H](CO)[C@H](O)[C@H](O)[C@H]5O)[C@H]4O)[C@H](O)[C@H]3NC(C)=O)[C@@H]2O)[C@@H]1O. The van der Waals surface area contributed by atoms with E-state index in [-0.39, 0.29) is 0 Å². The van der Waals surface area contributed by atoms with Crippen molar-refractivity contribution in [3.63, 3.8) is 0 Å². The molecule has 0 unspecified atom stereocenters. The predicted molar refractivity (Wildman–Crippen MR) is 441 cm³/mol. The van der Waals surface area contributed by atoms with Gasteiger partial charge < -0.3 is 295 Å². The van der Waals surface area contributed by atoms with E-state index in [2.05, 4.69) is 21.3 Å². The maximum Gasteiger partial charge on any atom is 0.364 e. The molecule has 0 bridgehead atoms. The second-order valence-corrected chi connectivity index (χ2v) is 35.7. The summed E-state index contributed by atoms with van der Waals surface area (Å²) >= 11 is 0. The highest BCUT2D eigenvalue weighted by Crippen LogP contribution is 2.44. The number of aliphatic carboxylic acids is 1. The van der Waals surface area contributed by atoms with E-state index in [4.69, 9.17) is 94.7 Å². The van der Waals surface area contributed by atoms with Gasteiger partial charge in [0.05, 0.1) is 97.5 Å². The zero-order valence-corrected chi connectivity index (χ0v) is 76.9. The summed E-state index contributed by atoms with van der Waals surface area (Å²) < 4.78 is 119. The minimum absolute atomic E-state index is 0.840.